The lowest BCUT2D eigenvalue weighted by atomic mass is 10.4. The third-order valence-electron chi connectivity index (χ3n) is 2.03. The Kier molecular flexibility index (Phi) is 3.35. The second-order valence-electron chi connectivity index (χ2n) is 3.06. The molecule has 0 fully saturated rings. The van der Waals surface area contributed by atoms with Gasteiger partial charge in [0.15, 0.2) is 5.01 Å². The Morgan fingerprint density at radius 1 is 1.33 bits per heavy atom. The van der Waals surface area contributed by atoms with Crippen molar-refractivity contribution in [1.82, 2.24) is 15.5 Å². The van der Waals surface area contributed by atoms with Crippen molar-refractivity contribution < 1.29 is 0 Å². The fraction of sp³-hybridized carbons (Fsp3) is 0.333. The zero-order chi connectivity index (χ0) is 10.8. The number of nitrogens with zero attached hydrogens (tertiary/aromatic N) is 2. The van der Waals surface area contributed by atoms with E-state index < -0.39 is 0 Å². The van der Waals surface area contributed by atoms with Gasteiger partial charge in [0.25, 0.3) is 0 Å². The molecule has 2 aromatic rings. The molecule has 3 nitrogen and oxygen atoms in total. The van der Waals surface area contributed by atoms with E-state index in [2.05, 4.69) is 22.4 Å². The van der Waals surface area contributed by atoms with Crippen molar-refractivity contribution >= 4 is 34.3 Å². The van der Waals surface area contributed by atoms with Crippen LogP contribution in [0.2, 0.25) is 4.34 Å². The Morgan fingerprint density at radius 2 is 2.13 bits per heavy atom. The molecule has 1 unspecified atom stereocenters. The van der Waals surface area contributed by atoms with Crippen molar-refractivity contribution in [3.8, 4) is 9.88 Å². The molecule has 0 spiro atoms. The molecule has 0 aliphatic carbocycles. The first-order valence-corrected chi connectivity index (χ1v) is 6.48. The number of halogens is 1. The van der Waals surface area contributed by atoms with Crippen molar-refractivity contribution in [1.29, 1.82) is 0 Å². The fourth-order valence-electron chi connectivity index (χ4n) is 1.06. The Morgan fingerprint density at radius 3 is 2.73 bits per heavy atom. The number of hydrogen-bond donors (Lipinski definition) is 1. The van der Waals surface area contributed by atoms with Crippen molar-refractivity contribution in [2.24, 2.45) is 0 Å². The summed E-state index contributed by atoms with van der Waals surface area (Å²) < 4.78 is 0.781. The van der Waals surface area contributed by atoms with Crippen molar-refractivity contribution in [2.45, 2.75) is 13.0 Å². The van der Waals surface area contributed by atoms with E-state index in [4.69, 9.17) is 11.6 Å². The summed E-state index contributed by atoms with van der Waals surface area (Å²) in [6.07, 6.45) is 0. The minimum absolute atomic E-state index is 0.242. The van der Waals surface area contributed by atoms with Crippen LogP contribution in [-0.4, -0.2) is 17.2 Å². The van der Waals surface area contributed by atoms with E-state index >= 15 is 0 Å². The summed E-state index contributed by atoms with van der Waals surface area (Å²) in [4.78, 5) is 1.08. The predicted octanol–water partition coefficient (Wildman–Crippen LogP) is 3.20. The average Bonchev–Trinajstić information content (AvgIpc) is 2.84. The molecule has 1 N–H and O–H groups in total. The normalized spacial score (nSPS) is 13.0. The molecular formula is C9H10ClN3S2. The highest BCUT2D eigenvalue weighted by atomic mass is 35.5. The molecule has 0 bridgehead atoms. The van der Waals surface area contributed by atoms with Crippen LogP contribution in [-0.2, 0) is 0 Å². The van der Waals surface area contributed by atoms with E-state index in [1.807, 2.05) is 19.2 Å². The zero-order valence-electron chi connectivity index (χ0n) is 8.32. The molecule has 2 aromatic heterocycles. The van der Waals surface area contributed by atoms with Crippen LogP contribution in [0.15, 0.2) is 12.1 Å². The summed E-state index contributed by atoms with van der Waals surface area (Å²) in [7, 11) is 1.91. The maximum Gasteiger partial charge on any atom is 0.157 e. The lowest BCUT2D eigenvalue weighted by Gasteiger charge is -2.02. The van der Waals surface area contributed by atoms with E-state index in [1.54, 1.807) is 11.3 Å². The highest BCUT2D eigenvalue weighted by Crippen LogP contribution is 2.33. The van der Waals surface area contributed by atoms with Crippen molar-refractivity contribution in [3.63, 3.8) is 0 Å². The maximum absolute atomic E-state index is 5.87. The lowest BCUT2D eigenvalue weighted by Crippen LogP contribution is -2.11. The second kappa shape index (κ2) is 4.57. The van der Waals surface area contributed by atoms with Crippen LogP contribution in [0.5, 0.6) is 0 Å². The highest BCUT2D eigenvalue weighted by Gasteiger charge is 2.12. The highest BCUT2D eigenvalue weighted by molar-refractivity contribution is 7.23. The molecule has 80 valence electrons. The summed E-state index contributed by atoms with van der Waals surface area (Å²) in [5.74, 6) is 0. The minimum atomic E-state index is 0.242. The SMILES string of the molecule is CNC(C)c1nnc(-c2ccc(Cl)s2)s1. The number of aromatic nitrogens is 2. The molecule has 2 rings (SSSR count). The van der Waals surface area contributed by atoms with Gasteiger partial charge in [0, 0.05) is 0 Å². The number of rotatable bonds is 3. The van der Waals surface area contributed by atoms with Crippen LogP contribution >= 0.6 is 34.3 Å². The molecule has 0 aromatic carbocycles. The second-order valence-corrected chi connectivity index (χ2v) is 5.78. The van der Waals surface area contributed by atoms with Crippen LogP contribution in [0.4, 0.5) is 0 Å². The molecule has 0 saturated carbocycles. The van der Waals surface area contributed by atoms with Gasteiger partial charge in [0.05, 0.1) is 15.3 Å². The quantitative estimate of drug-likeness (QED) is 0.920. The van der Waals surface area contributed by atoms with E-state index in [1.165, 1.54) is 11.3 Å². The number of nitrogens with one attached hydrogen (secondary N) is 1. The first-order valence-electron chi connectivity index (χ1n) is 4.47. The largest absolute Gasteiger partial charge is 0.311 e. The van der Waals surface area contributed by atoms with Gasteiger partial charge in [-0.15, -0.1) is 21.5 Å². The summed E-state index contributed by atoms with van der Waals surface area (Å²) >= 11 is 9.00. The molecule has 0 amide bonds. The average molecular weight is 260 g/mol. The fourth-order valence-corrected chi connectivity index (χ4v) is 3.06. The maximum atomic E-state index is 5.87. The Balaban J connectivity index is 2.27. The van der Waals surface area contributed by atoms with Gasteiger partial charge in [-0.25, -0.2) is 0 Å². The topological polar surface area (TPSA) is 37.8 Å². The first-order chi connectivity index (χ1) is 7.20. The smallest absolute Gasteiger partial charge is 0.157 e. The molecule has 2 heterocycles. The van der Waals surface area contributed by atoms with Crippen LogP contribution in [0, 0.1) is 0 Å². The van der Waals surface area contributed by atoms with E-state index in [0.717, 1.165) is 19.2 Å². The summed E-state index contributed by atoms with van der Waals surface area (Å²) in [5.41, 5.74) is 0. The number of hydrogen-bond acceptors (Lipinski definition) is 5. The summed E-state index contributed by atoms with van der Waals surface area (Å²) in [6, 6.07) is 4.09. The molecule has 1 atom stereocenters. The Labute approximate surface area is 101 Å². The van der Waals surface area contributed by atoms with Gasteiger partial charge in [-0.05, 0) is 26.1 Å². The third kappa shape index (κ3) is 2.36. The summed E-state index contributed by atoms with van der Waals surface area (Å²) in [6.45, 7) is 2.06. The molecule has 15 heavy (non-hydrogen) atoms. The van der Waals surface area contributed by atoms with Gasteiger partial charge in [0.2, 0.25) is 0 Å². The monoisotopic (exact) mass is 259 g/mol. The molecular weight excluding hydrogens is 250 g/mol. The molecule has 0 saturated heterocycles. The van der Waals surface area contributed by atoms with E-state index in [-0.39, 0.29) is 6.04 Å². The van der Waals surface area contributed by atoms with Crippen molar-refractivity contribution in [2.75, 3.05) is 7.05 Å². The van der Waals surface area contributed by atoms with Gasteiger partial charge in [-0.3, -0.25) is 0 Å². The number of thiophene rings is 1. The molecule has 0 aliphatic heterocycles. The van der Waals surface area contributed by atoms with Gasteiger partial charge >= 0.3 is 0 Å². The van der Waals surface area contributed by atoms with Crippen molar-refractivity contribution in [3.05, 3.63) is 21.5 Å². The Bertz CT molecular complexity index is 452. The predicted molar refractivity (Wildman–Crippen MR) is 65.7 cm³/mol. The lowest BCUT2D eigenvalue weighted by molar-refractivity contribution is 0.640. The zero-order valence-corrected chi connectivity index (χ0v) is 10.7. The van der Waals surface area contributed by atoms with E-state index in [0.29, 0.717) is 0 Å². The van der Waals surface area contributed by atoms with Gasteiger partial charge in [0.1, 0.15) is 5.01 Å². The van der Waals surface area contributed by atoms with Gasteiger partial charge in [-0.2, -0.15) is 0 Å². The van der Waals surface area contributed by atoms with Gasteiger partial charge < -0.3 is 5.32 Å². The standard InChI is InChI=1S/C9H10ClN3S2/c1-5(11-2)8-12-13-9(15-8)6-3-4-7(10)14-6/h3-5,11H,1-2H3. The van der Waals surface area contributed by atoms with Crippen LogP contribution < -0.4 is 5.32 Å². The van der Waals surface area contributed by atoms with Gasteiger partial charge in [-0.1, -0.05) is 22.9 Å². The molecule has 0 aliphatic rings. The first kappa shape index (κ1) is 11.0. The van der Waals surface area contributed by atoms with E-state index in [9.17, 15) is 0 Å². The molecule has 0 radical (unpaired) electrons. The third-order valence-corrected chi connectivity index (χ3v) is 4.53. The van der Waals surface area contributed by atoms with Crippen LogP contribution in [0.25, 0.3) is 9.88 Å². The van der Waals surface area contributed by atoms with Crippen LogP contribution in [0.1, 0.15) is 18.0 Å². The van der Waals surface area contributed by atoms with Crippen LogP contribution in [0.3, 0.4) is 0 Å². The Hall–Kier alpha value is -0.490. The molecule has 6 heteroatoms. The minimum Gasteiger partial charge on any atom is -0.311 e. The summed E-state index contributed by atoms with van der Waals surface area (Å²) in [5, 5.41) is 13.4.